The number of hydrogen-bond donors (Lipinski definition) is 2. The number of hydrogen-bond acceptors (Lipinski definition) is 3. The van der Waals surface area contributed by atoms with E-state index < -0.39 is 12.0 Å². The van der Waals surface area contributed by atoms with Gasteiger partial charge in [0.25, 0.3) is 5.91 Å². The van der Waals surface area contributed by atoms with E-state index in [1.54, 1.807) is 31.2 Å². The Morgan fingerprint density at radius 3 is 2.52 bits per heavy atom. The van der Waals surface area contributed by atoms with Crippen LogP contribution in [0.1, 0.15) is 36.5 Å². The van der Waals surface area contributed by atoms with Gasteiger partial charge in [-0.05, 0) is 37.1 Å². The van der Waals surface area contributed by atoms with Crippen LogP contribution in [0.3, 0.4) is 0 Å². The lowest BCUT2D eigenvalue weighted by molar-refractivity contribution is -0.141. The Morgan fingerprint density at radius 2 is 1.95 bits per heavy atom. The molecule has 1 aromatic carbocycles. The number of rotatable bonds is 4. The molecule has 1 heterocycles. The summed E-state index contributed by atoms with van der Waals surface area (Å²) in [5.41, 5.74) is 1.05. The van der Waals surface area contributed by atoms with Crippen molar-refractivity contribution in [2.24, 2.45) is 0 Å². The summed E-state index contributed by atoms with van der Waals surface area (Å²) < 4.78 is 0. The number of nitrogens with zero attached hydrogens (tertiary/aromatic N) is 1. The van der Waals surface area contributed by atoms with Gasteiger partial charge in [-0.25, -0.2) is 4.79 Å². The first-order valence-electron chi connectivity index (χ1n) is 6.96. The molecule has 1 aliphatic rings. The molecule has 2 N–H and O–H groups in total. The highest BCUT2D eigenvalue weighted by Gasteiger charge is 2.34. The standard InChI is InChI=1S/C15H18N2O4/c1-2-13(18)16-11-7-5-10(6-8-11)14(19)17-9-3-4-12(17)15(20)21/h5-8,12H,2-4,9H2,1H3,(H,16,18)(H,20,21)/t12-/m0/s1. The monoisotopic (exact) mass is 290 g/mol. The van der Waals surface area contributed by atoms with Gasteiger partial charge in [-0.3, -0.25) is 9.59 Å². The summed E-state index contributed by atoms with van der Waals surface area (Å²) in [6.45, 7) is 2.22. The number of nitrogens with one attached hydrogen (secondary N) is 1. The molecule has 0 bridgehead atoms. The van der Waals surface area contributed by atoms with Crippen LogP contribution in [0.25, 0.3) is 0 Å². The Hall–Kier alpha value is -2.37. The number of carbonyl (C=O) groups is 3. The normalized spacial score (nSPS) is 17.6. The average molecular weight is 290 g/mol. The Morgan fingerprint density at radius 1 is 1.29 bits per heavy atom. The third-order valence-corrected chi connectivity index (χ3v) is 3.54. The van der Waals surface area contributed by atoms with Crippen molar-refractivity contribution < 1.29 is 19.5 Å². The average Bonchev–Trinajstić information content (AvgIpc) is 2.96. The molecule has 6 nitrogen and oxygen atoms in total. The molecular formula is C15H18N2O4. The molecule has 1 aromatic rings. The third-order valence-electron chi connectivity index (χ3n) is 3.54. The fraction of sp³-hybridized carbons (Fsp3) is 0.400. The summed E-state index contributed by atoms with van der Waals surface area (Å²) in [5.74, 6) is -1.35. The number of likely N-dealkylation sites (tertiary alicyclic amines) is 1. The summed E-state index contributed by atoms with van der Waals surface area (Å²) in [4.78, 5) is 36.1. The van der Waals surface area contributed by atoms with Gasteiger partial charge in [0.15, 0.2) is 0 Å². The summed E-state index contributed by atoms with van der Waals surface area (Å²) >= 11 is 0. The molecule has 1 saturated heterocycles. The third kappa shape index (κ3) is 3.39. The number of carboxylic acids is 1. The lowest BCUT2D eigenvalue weighted by atomic mass is 10.1. The van der Waals surface area contributed by atoms with Crippen LogP contribution in [0.15, 0.2) is 24.3 Å². The molecule has 0 saturated carbocycles. The molecule has 1 aliphatic heterocycles. The minimum atomic E-state index is -0.965. The van der Waals surface area contributed by atoms with Crippen LogP contribution in [-0.2, 0) is 9.59 Å². The van der Waals surface area contributed by atoms with Crippen molar-refractivity contribution in [2.45, 2.75) is 32.2 Å². The second-order valence-electron chi connectivity index (χ2n) is 4.97. The quantitative estimate of drug-likeness (QED) is 0.884. The molecule has 21 heavy (non-hydrogen) atoms. The zero-order valence-electron chi connectivity index (χ0n) is 11.8. The van der Waals surface area contributed by atoms with E-state index in [4.69, 9.17) is 5.11 Å². The van der Waals surface area contributed by atoms with E-state index in [1.807, 2.05) is 0 Å². The van der Waals surface area contributed by atoms with Gasteiger partial charge in [0, 0.05) is 24.2 Å². The number of aliphatic carboxylic acids is 1. The fourth-order valence-corrected chi connectivity index (χ4v) is 2.38. The van der Waals surface area contributed by atoms with Crippen molar-refractivity contribution in [1.29, 1.82) is 0 Å². The second kappa shape index (κ2) is 6.39. The molecule has 6 heteroatoms. The zero-order chi connectivity index (χ0) is 15.4. The van der Waals surface area contributed by atoms with E-state index in [2.05, 4.69) is 5.32 Å². The summed E-state index contributed by atoms with van der Waals surface area (Å²) in [6.07, 6.45) is 1.58. The number of amides is 2. The molecule has 2 rings (SSSR count). The SMILES string of the molecule is CCC(=O)Nc1ccc(C(=O)N2CCC[C@H]2C(=O)O)cc1. The second-order valence-corrected chi connectivity index (χ2v) is 4.97. The molecule has 0 unspecified atom stereocenters. The zero-order valence-corrected chi connectivity index (χ0v) is 11.8. The van der Waals surface area contributed by atoms with E-state index in [-0.39, 0.29) is 11.8 Å². The molecule has 1 atom stereocenters. The number of carboxylic acid groups (broad SMARTS) is 1. The van der Waals surface area contributed by atoms with E-state index in [1.165, 1.54) is 4.90 Å². The highest BCUT2D eigenvalue weighted by Crippen LogP contribution is 2.21. The van der Waals surface area contributed by atoms with E-state index >= 15 is 0 Å². The topological polar surface area (TPSA) is 86.7 Å². The van der Waals surface area contributed by atoms with Gasteiger partial charge < -0.3 is 15.3 Å². The Kier molecular flexibility index (Phi) is 4.57. The molecular weight excluding hydrogens is 272 g/mol. The predicted octanol–water partition coefficient (Wildman–Crippen LogP) is 1.72. The highest BCUT2D eigenvalue weighted by atomic mass is 16.4. The van der Waals surface area contributed by atoms with Gasteiger partial charge in [0.05, 0.1) is 0 Å². The molecule has 0 spiro atoms. The number of benzene rings is 1. The molecule has 2 amide bonds. The molecule has 1 fully saturated rings. The van der Waals surface area contributed by atoms with Crippen molar-refractivity contribution in [1.82, 2.24) is 4.90 Å². The minimum Gasteiger partial charge on any atom is -0.480 e. The van der Waals surface area contributed by atoms with Gasteiger partial charge in [-0.1, -0.05) is 6.92 Å². The van der Waals surface area contributed by atoms with E-state index in [0.29, 0.717) is 37.1 Å². The van der Waals surface area contributed by atoms with E-state index in [9.17, 15) is 14.4 Å². The van der Waals surface area contributed by atoms with Gasteiger partial charge in [-0.2, -0.15) is 0 Å². The first-order chi connectivity index (χ1) is 10.0. The maximum atomic E-state index is 12.3. The Labute approximate surface area is 122 Å². The van der Waals surface area contributed by atoms with Crippen LogP contribution in [0, 0.1) is 0 Å². The van der Waals surface area contributed by atoms with E-state index in [0.717, 1.165) is 0 Å². The molecule has 0 radical (unpaired) electrons. The summed E-state index contributed by atoms with van der Waals surface area (Å²) in [6, 6.07) is 5.76. The van der Waals surface area contributed by atoms with Crippen LogP contribution in [0.5, 0.6) is 0 Å². The van der Waals surface area contributed by atoms with Crippen LogP contribution < -0.4 is 5.32 Å². The first kappa shape index (κ1) is 15.0. The van der Waals surface area contributed by atoms with Gasteiger partial charge in [0.2, 0.25) is 5.91 Å². The highest BCUT2D eigenvalue weighted by molar-refractivity contribution is 5.98. The van der Waals surface area contributed by atoms with Gasteiger partial charge in [0.1, 0.15) is 6.04 Å². The van der Waals surface area contributed by atoms with Crippen molar-refractivity contribution in [3.05, 3.63) is 29.8 Å². The van der Waals surface area contributed by atoms with Crippen LogP contribution in [0.4, 0.5) is 5.69 Å². The summed E-state index contributed by atoms with van der Waals surface area (Å²) in [7, 11) is 0. The molecule has 0 aliphatic carbocycles. The first-order valence-corrected chi connectivity index (χ1v) is 6.96. The van der Waals surface area contributed by atoms with Crippen molar-refractivity contribution in [3.8, 4) is 0 Å². The van der Waals surface area contributed by atoms with Gasteiger partial charge >= 0.3 is 5.97 Å². The van der Waals surface area contributed by atoms with Gasteiger partial charge in [-0.15, -0.1) is 0 Å². The smallest absolute Gasteiger partial charge is 0.326 e. The Bertz CT molecular complexity index is 553. The van der Waals surface area contributed by atoms with Crippen molar-refractivity contribution in [3.63, 3.8) is 0 Å². The Balaban J connectivity index is 2.09. The fourth-order valence-electron chi connectivity index (χ4n) is 2.38. The van der Waals surface area contributed by atoms with Crippen LogP contribution in [0.2, 0.25) is 0 Å². The number of anilines is 1. The molecule has 0 aromatic heterocycles. The van der Waals surface area contributed by atoms with Crippen LogP contribution in [-0.4, -0.2) is 40.4 Å². The largest absolute Gasteiger partial charge is 0.480 e. The predicted molar refractivity (Wildman–Crippen MR) is 77.1 cm³/mol. The molecule has 112 valence electrons. The summed E-state index contributed by atoms with van der Waals surface area (Å²) in [5, 5.41) is 11.8. The maximum Gasteiger partial charge on any atom is 0.326 e. The number of carbonyl (C=O) groups excluding carboxylic acids is 2. The van der Waals surface area contributed by atoms with Crippen molar-refractivity contribution in [2.75, 3.05) is 11.9 Å². The van der Waals surface area contributed by atoms with Crippen molar-refractivity contribution >= 4 is 23.5 Å². The maximum absolute atomic E-state index is 12.3. The lowest BCUT2D eigenvalue weighted by Gasteiger charge is -2.21. The lowest BCUT2D eigenvalue weighted by Crippen LogP contribution is -2.40. The van der Waals surface area contributed by atoms with Crippen LogP contribution >= 0.6 is 0 Å². The minimum absolute atomic E-state index is 0.0976.